The second kappa shape index (κ2) is 2.49. The highest BCUT2D eigenvalue weighted by Crippen LogP contribution is 2.15. The van der Waals surface area contributed by atoms with Crippen molar-refractivity contribution >= 4 is 5.82 Å². The molecule has 58 valence electrons. The minimum atomic E-state index is 0.981. The van der Waals surface area contributed by atoms with Crippen molar-refractivity contribution in [1.82, 2.24) is 10.2 Å². The van der Waals surface area contributed by atoms with Crippen molar-refractivity contribution in [3.63, 3.8) is 0 Å². The van der Waals surface area contributed by atoms with Crippen molar-refractivity contribution in [2.75, 3.05) is 18.0 Å². The van der Waals surface area contributed by atoms with Gasteiger partial charge in [-0.05, 0) is 25.5 Å². The molecule has 1 aliphatic heterocycles. The lowest BCUT2D eigenvalue weighted by Crippen LogP contribution is -2.37. The highest BCUT2D eigenvalue weighted by atomic mass is 15.3. The fourth-order valence-corrected chi connectivity index (χ4v) is 1.11. The lowest BCUT2D eigenvalue weighted by Gasteiger charge is -2.31. The van der Waals surface area contributed by atoms with Crippen molar-refractivity contribution in [2.45, 2.75) is 13.3 Å². The quantitative estimate of drug-likeness (QED) is 0.596. The van der Waals surface area contributed by atoms with Gasteiger partial charge in [-0.15, -0.1) is 5.10 Å². The van der Waals surface area contributed by atoms with E-state index in [1.54, 1.807) is 0 Å². The average Bonchev–Trinajstić information content (AvgIpc) is 1.90. The first-order chi connectivity index (χ1) is 5.36. The molecule has 1 saturated heterocycles. The van der Waals surface area contributed by atoms with Gasteiger partial charge in [0.1, 0.15) is 0 Å². The molecule has 1 aromatic rings. The molecule has 0 bridgehead atoms. The lowest BCUT2D eigenvalue weighted by molar-refractivity contribution is 0.604. The molecule has 0 spiro atoms. The molecular formula is C8H11N3. The van der Waals surface area contributed by atoms with Gasteiger partial charge in [-0.1, -0.05) is 0 Å². The van der Waals surface area contributed by atoms with Crippen LogP contribution in [0.5, 0.6) is 0 Å². The molecule has 1 aromatic heterocycles. The zero-order valence-electron chi connectivity index (χ0n) is 6.62. The van der Waals surface area contributed by atoms with Gasteiger partial charge in [0.15, 0.2) is 5.82 Å². The van der Waals surface area contributed by atoms with Crippen LogP contribution in [-0.2, 0) is 0 Å². The third-order valence-corrected chi connectivity index (χ3v) is 1.96. The summed E-state index contributed by atoms with van der Waals surface area (Å²) in [5.74, 6) is 1.02. The van der Waals surface area contributed by atoms with Gasteiger partial charge in [-0.2, -0.15) is 5.10 Å². The van der Waals surface area contributed by atoms with Crippen molar-refractivity contribution < 1.29 is 0 Å². The van der Waals surface area contributed by atoms with Crippen LogP contribution in [0.1, 0.15) is 12.1 Å². The Hall–Kier alpha value is -1.12. The summed E-state index contributed by atoms with van der Waals surface area (Å²) in [6.07, 6.45) is 1.29. The van der Waals surface area contributed by atoms with Crippen LogP contribution in [0, 0.1) is 6.92 Å². The molecule has 0 radical (unpaired) electrons. The van der Waals surface area contributed by atoms with E-state index in [2.05, 4.69) is 15.1 Å². The zero-order valence-corrected chi connectivity index (χ0v) is 6.62. The molecule has 0 saturated carbocycles. The number of rotatable bonds is 1. The second-order valence-corrected chi connectivity index (χ2v) is 2.87. The lowest BCUT2D eigenvalue weighted by atomic mass is 10.2. The van der Waals surface area contributed by atoms with Crippen LogP contribution < -0.4 is 4.90 Å². The number of aryl methyl sites for hydroxylation is 1. The molecule has 0 atom stereocenters. The predicted molar refractivity (Wildman–Crippen MR) is 43.6 cm³/mol. The summed E-state index contributed by atoms with van der Waals surface area (Å²) in [6.45, 7) is 4.22. The molecule has 0 aromatic carbocycles. The summed E-state index contributed by atoms with van der Waals surface area (Å²) in [5, 5.41) is 8.07. The minimum absolute atomic E-state index is 0.981. The topological polar surface area (TPSA) is 29.0 Å². The molecule has 1 fully saturated rings. The van der Waals surface area contributed by atoms with Gasteiger partial charge >= 0.3 is 0 Å². The maximum absolute atomic E-state index is 4.08. The van der Waals surface area contributed by atoms with Crippen LogP contribution in [0.4, 0.5) is 5.82 Å². The molecule has 1 aliphatic rings. The Kier molecular flexibility index (Phi) is 1.49. The van der Waals surface area contributed by atoms with E-state index in [0.717, 1.165) is 24.6 Å². The predicted octanol–water partition coefficient (Wildman–Crippen LogP) is 0.995. The van der Waals surface area contributed by atoms with Crippen LogP contribution in [0.25, 0.3) is 0 Å². The number of hydrogen-bond acceptors (Lipinski definition) is 3. The van der Waals surface area contributed by atoms with Crippen molar-refractivity contribution in [1.29, 1.82) is 0 Å². The normalized spacial score (nSPS) is 16.3. The van der Waals surface area contributed by atoms with E-state index in [1.165, 1.54) is 6.42 Å². The maximum Gasteiger partial charge on any atom is 0.151 e. The van der Waals surface area contributed by atoms with Crippen LogP contribution in [0.3, 0.4) is 0 Å². The number of anilines is 1. The Labute approximate surface area is 66.1 Å². The first-order valence-electron chi connectivity index (χ1n) is 3.91. The Morgan fingerprint density at radius 2 is 2.09 bits per heavy atom. The molecule has 0 N–H and O–H groups in total. The minimum Gasteiger partial charge on any atom is -0.355 e. The summed E-state index contributed by atoms with van der Waals surface area (Å²) < 4.78 is 0. The van der Waals surface area contributed by atoms with Crippen LogP contribution in [0.2, 0.25) is 0 Å². The second-order valence-electron chi connectivity index (χ2n) is 2.87. The van der Waals surface area contributed by atoms with E-state index in [9.17, 15) is 0 Å². The molecule has 0 aliphatic carbocycles. The van der Waals surface area contributed by atoms with E-state index in [4.69, 9.17) is 0 Å². The van der Waals surface area contributed by atoms with Gasteiger partial charge < -0.3 is 4.90 Å². The Balaban J connectivity index is 2.18. The van der Waals surface area contributed by atoms with E-state index in [1.807, 2.05) is 19.1 Å². The molecule has 3 nitrogen and oxygen atoms in total. The van der Waals surface area contributed by atoms with Gasteiger partial charge in [0.2, 0.25) is 0 Å². The molecular weight excluding hydrogens is 138 g/mol. The van der Waals surface area contributed by atoms with Crippen molar-refractivity contribution in [3.05, 3.63) is 17.8 Å². The smallest absolute Gasteiger partial charge is 0.151 e. The van der Waals surface area contributed by atoms with E-state index < -0.39 is 0 Å². The van der Waals surface area contributed by atoms with Gasteiger partial charge in [0.05, 0.1) is 5.69 Å². The third kappa shape index (κ3) is 1.18. The largest absolute Gasteiger partial charge is 0.355 e. The Morgan fingerprint density at radius 3 is 2.55 bits per heavy atom. The first-order valence-corrected chi connectivity index (χ1v) is 3.91. The highest BCUT2D eigenvalue weighted by Gasteiger charge is 2.15. The monoisotopic (exact) mass is 149 g/mol. The molecule has 0 amide bonds. The third-order valence-electron chi connectivity index (χ3n) is 1.96. The standard InChI is InChI=1S/C8H11N3/c1-7-3-4-8(10-9-7)11-5-2-6-11/h3-4H,2,5-6H2,1H3. The molecule has 0 unspecified atom stereocenters. The summed E-state index contributed by atoms with van der Waals surface area (Å²) in [7, 11) is 0. The van der Waals surface area contributed by atoms with Crippen molar-refractivity contribution in [3.8, 4) is 0 Å². The van der Waals surface area contributed by atoms with E-state index in [-0.39, 0.29) is 0 Å². The van der Waals surface area contributed by atoms with Gasteiger partial charge in [-0.3, -0.25) is 0 Å². The van der Waals surface area contributed by atoms with Crippen LogP contribution in [-0.4, -0.2) is 23.3 Å². The fourth-order valence-electron chi connectivity index (χ4n) is 1.11. The summed E-state index contributed by atoms with van der Waals surface area (Å²) in [6, 6.07) is 4.03. The van der Waals surface area contributed by atoms with Crippen LogP contribution in [0.15, 0.2) is 12.1 Å². The molecule has 11 heavy (non-hydrogen) atoms. The SMILES string of the molecule is Cc1ccc(N2CCC2)nn1. The van der Waals surface area contributed by atoms with Crippen molar-refractivity contribution in [2.24, 2.45) is 0 Å². The molecule has 3 heteroatoms. The van der Waals surface area contributed by atoms with Gasteiger partial charge in [0.25, 0.3) is 0 Å². The van der Waals surface area contributed by atoms with E-state index >= 15 is 0 Å². The number of hydrogen-bond donors (Lipinski definition) is 0. The summed E-state index contributed by atoms with van der Waals surface area (Å²) in [5.41, 5.74) is 0.981. The first kappa shape index (κ1) is 6.58. The summed E-state index contributed by atoms with van der Waals surface area (Å²) in [4.78, 5) is 2.23. The van der Waals surface area contributed by atoms with E-state index in [0.29, 0.717) is 0 Å². The average molecular weight is 149 g/mol. The number of nitrogens with zero attached hydrogens (tertiary/aromatic N) is 3. The van der Waals surface area contributed by atoms with Crippen LogP contribution >= 0.6 is 0 Å². The highest BCUT2D eigenvalue weighted by molar-refractivity contribution is 5.39. The summed E-state index contributed by atoms with van der Waals surface area (Å²) >= 11 is 0. The zero-order chi connectivity index (χ0) is 7.68. The van der Waals surface area contributed by atoms with Gasteiger partial charge in [-0.25, -0.2) is 0 Å². The molecule has 2 rings (SSSR count). The maximum atomic E-state index is 4.08. The molecule has 2 heterocycles. The number of aromatic nitrogens is 2. The Bertz CT molecular complexity index is 238. The Morgan fingerprint density at radius 1 is 1.27 bits per heavy atom. The van der Waals surface area contributed by atoms with Gasteiger partial charge in [0, 0.05) is 13.1 Å². The fraction of sp³-hybridized carbons (Fsp3) is 0.500.